The number of nitrogens with two attached hydrogens (primary N) is 2. The van der Waals surface area contributed by atoms with Crippen LogP contribution in [-0.4, -0.2) is 44.4 Å². The second-order valence-electron chi connectivity index (χ2n) is 6.71. The Hall–Kier alpha value is -3.31. The standard InChI is InChI=1S/C18H19N5O5S/c1-9(29(26,27)28)5-10-3-4-11(17(20)25)6-12(10)15(24)13-7-23(2)18-14(13)16(19)21-8-22-18/h3-4,6-9H,5H2,1-2H3,(H2,20,25)(H2,19,21,22)(H,26,27,28). The van der Waals surface area contributed by atoms with Crippen LogP contribution in [-0.2, 0) is 23.6 Å². The number of primary amides is 1. The van der Waals surface area contributed by atoms with Crippen LogP contribution in [0.25, 0.3) is 11.0 Å². The average Bonchev–Trinajstić information content (AvgIpc) is 2.98. The third-order valence-corrected chi connectivity index (χ3v) is 5.87. The molecule has 0 saturated heterocycles. The minimum Gasteiger partial charge on any atom is -0.383 e. The maximum Gasteiger partial charge on any atom is 0.267 e. The summed E-state index contributed by atoms with van der Waals surface area (Å²) in [5.41, 5.74) is 12.4. The molecule has 11 heteroatoms. The van der Waals surface area contributed by atoms with Crippen LogP contribution in [0, 0.1) is 0 Å². The van der Waals surface area contributed by atoms with Crippen LogP contribution >= 0.6 is 0 Å². The van der Waals surface area contributed by atoms with Crippen molar-refractivity contribution in [3.05, 3.63) is 53.0 Å². The summed E-state index contributed by atoms with van der Waals surface area (Å²) in [6.45, 7) is 1.31. The van der Waals surface area contributed by atoms with Crippen LogP contribution in [0.2, 0.25) is 0 Å². The minimum atomic E-state index is -4.32. The summed E-state index contributed by atoms with van der Waals surface area (Å²) in [5, 5.41) is -0.812. The van der Waals surface area contributed by atoms with Gasteiger partial charge in [0.2, 0.25) is 5.91 Å². The number of anilines is 1. The molecule has 0 bridgehead atoms. The molecule has 1 amide bonds. The number of aromatic nitrogens is 3. The molecule has 1 aromatic carbocycles. The van der Waals surface area contributed by atoms with Gasteiger partial charge in [-0.2, -0.15) is 8.42 Å². The summed E-state index contributed by atoms with van der Waals surface area (Å²) in [4.78, 5) is 33.0. The molecule has 2 heterocycles. The molecule has 0 aliphatic rings. The molecule has 0 aliphatic carbocycles. The fourth-order valence-corrected chi connectivity index (χ4v) is 3.48. The molecule has 29 heavy (non-hydrogen) atoms. The van der Waals surface area contributed by atoms with Gasteiger partial charge in [0.05, 0.1) is 16.2 Å². The van der Waals surface area contributed by atoms with Gasteiger partial charge < -0.3 is 16.0 Å². The van der Waals surface area contributed by atoms with Crippen molar-refractivity contribution in [2.75, 3.05) is 5.73 Å². The lowest BCUT2D eigenvalue weighted by Crippen LogP contribution is -2.21. The predicted molar refractivity (Wildman–Crippen MR) is 106 cm³/mol. The van der Waals surface area contributed by atoms with Crippen LogP contribution < -0.4 is 11.5 Å². The SMILES string of the molecule is CC(Cc1ccc(C(N)=O)cc1C(=O)c1cn(C)c2ncnc(N)c12)S(=O)(=O)O. The first kappa shape index (κ1) is 20.4. The summed E-state index contributed by atoms with van der Waals surface area (Å²) < 4.78 is 33.8. The van der Waals surface area contributed by atoms with Gasteiger partial charge in [0.15, 0.2) is 5.78 Å². The van der Waals surface area contributed by atoms with Crippen molar-refractivity contribution in [3.8, 4) is 0 Å². The quantitative estimate of drug-likeness (QED) is 0.388. The van der Waals surface area contributed by atoms with Crippen molar-refractivity contribution in [2.24, 2.45) is 12.8 Å². The van der Waals surface area contributed by atoms with Crippen molar-refractivity contribution >= 4 is 38.7 Å². The molecule has 10 nitrogen and oxygen atoms in total. The van der Waals surface area contributed by atoms with E-state index >= 15 is 0 Å². The van der Waals surface area contributed by atoms with Crippen molar-refractivity contribution in [1.82, 2.24) is 14.5 Å². The lowest BCUT2D eigenvalue weighted by atomic mass is 9.94. The highest BCUT2D eigenvalue weighted by Gasteiger charge is 2.25. The number of nitrogens with zero attached hydrogens (tertiary/aromatic N) is 3. The van der Waals surface area contributed by atoms with E-state index in [1.807, 2.05) is 0 Å². The van der Waals surface area contributed by atoms with Gasteiger partial charge in [-0.15, -0.1) is 0 Å². The number of rotatable bonds is 6. The van der Waals surface area contributed by atoms with Gasteiger partial charge in [0.25, 0.3) is 10.1 Å². The molecule has 152 valence electrons. The number of ketones is 1. The van der Waals surface area contributed by atoms with E-state index in [0.29, 0.717) is 16.6 Å². The number of amides is 1. The van der Waals surface area contributed by atoms with E-state index in [-0.39, 0.29) is 28.9 Å². The Morgan fingerprint density at radius 1 is 1.24 bits per heavy atom. The summed E-state index contributed by atoms with van der Waals surface area (Å²) in [5.74, 6) is -1.13. The Bertz CT molecular complexity index is 1250. The van der Waals surface area contributed by atoms with Gasteiger partial charge >= 0.3 is 0 Å². The first-order valence-electron chi connectivity index (χ1n) is 8.50. The highest BCUT2D eigenvalue weighted by atomic mass is 32.2. The Labute approximate surface area is 166 Å². The molecular formula is C18H19N5O5S. The Morgan fingerprint density at radius 2 is 1.93 bits per heavy atom. The van der Waals surface area contributed by atoms with Crippen LogP contribution in [0.4, 0.5) is 5.82 Å². The monoisotopic (exact) mass is 417 g/mol. The van der Waals surface area contributed by atoms with E-state index in [1.165, 1.54) is 37.6 Å². The summed E-state index contributed by atoms with van der Waals surface area (Å²) in [6.07, 6.45) is 2.67. The maximum atomic E-state index is 13.4. The zero-order valence-corrected chi connectivity index (χ0v) is 16.5. The second-order valence-corrected chi connectivity index (χ2v) is 8.54. The molecule has 0 saturated carbocycles. The van der Waals surface area contributed by atoms with Crippen molar-refractivity contribution in [1.29, 1.82) is 0 Å². The number of benzene rings is 1. The fourth-order valence-electron chi connectivity index (χ4n) is 3.09. The molecule has 0 aliphatic heterocycles. The Kier molecular flexibility index (Phi) is 5.11. The van der Waals surface area contributed by atoms with E-state index in [4.69, 9.17) is 11.5 Å². The van der Waals surface area contributed by atoms with Crippen molar-refractivity contribution < 1.29 is 22.6 Å². The van der Waals surface area contributed by atoms with Gasteiger partial charge in [-0.25, -0.2) is 9.97 Å². The Morgan fingerprint density at radius 3 is 2.55 bits per heavy atom. The summed E-state index contributed by atoms with van der Waals surface area (Å²) in [6, 6.07) is 4.14. The molecule has 2 aromatic heterocycles. The lowest BCUT2D eigenvalue weighted by Gasteiger charge is -2.13. The summed E-state index contributed by atoms with van der Waals surface area (Å²) in [7, 11) is -2.63. The topological polar surface area (TPSA) is 171 Å². The maximum absolute atomic E-state index is 13.4. The number of hydrogen-bond donors (Lipinski definition) is 3. The predicted octanol–water partition coefficient (Wildman–Crippen LogP) is 0.699. The van der Waals surface area contributed by atoms with Gasteiger partial charge in [0.1, 0.15) is 17.8 Å². The minimum absolute atomic E-state index is 0.0764. The van der Waals surface area contributed by atoms with E-state index in [0.717, 1.165) is 0 Å². The average molecular weight is 417 g/mol. The van der Waals surface area contributed by atoms with E-state index in [9.17, 15) is 22.6 Å². The zero-order chi connectivity index (χ0) is 21.5. The molecular weight excluding hydrogens is 398 g/mol. The van der Waals surface area contributed by atoms with Gasteiger partial charge in [-0.3, -0.25) is 14.1 Å². The van der Waals surface area contributed by atoms with Crippen molar-refractivity contribution in [2.45, 2.75) is 18.6 Å². The van der Waals surface area contributed by atoms with Gasteiger partial charge in [0, 0.05) is 24.4 Å². The van der Waals surface area contributed by atoms with E-state index < -0.39 is 27.1 Å². The highest BCUT2D eigenvalue weighted by Crippen LogP contribution is 2.27. The van der Waals surface area contributed by atoms with Gasteiger partial charge in [-0.05, 0) is 31.0 Å². The third kappa shape index (κ3) is 3.82. The molecule has 0 radical (unpaired) electrons. The normalized spacial score (nSPS) is 12.8. The molecule has 0 fully saturated rings. The molecule has 3 aromatic rings. The van der Waals surface area contributed by atoms with Crippen LogP contribution in [0.1, 0.15) is 38.8 Å². The lowest BCUT2D eigenvalue weighted by molar-refractivity contribution is 0.1000. The van der Waals surface area contributed by atoms with Crippen LogP contribution in [0.3, 0.4) is 0 Å². The van der Waals surface area contributed by atoms with Crippen LogP contribution in [0.15, 0.2) is 30.7 Å². The van der Waals surface area contributed by atoms with E-state index in [1.54, 1.807) is 11.6 Å². The molecule has 3 rings (SSSR count). The number of carbonyl (C=O) groups is 2. The fraction of sp³-hybridized carbons (Fsp3) is 0.222. The third-order valence-electron chi connectivity index (χ3n) is 4.68. The Balaban J connectivity index is 2.20. The number of carbonyl (C=O) groups excluding carboxylic acids is 2. The summed E-state index contributed by atoms with van der Waals surface area (Å²) >= 11 is 0. The number of hydrogen-bond acceptors (Lipinski definition) is 7. The second kappa shape index (κ2) is 7.26. The molecule has 0 spiro atoms. The largest absolute Gasteiger partial charge is 0.383 e. The first-order chi connectivity index (χ1) is 13.5. The smallest absolute Gasteiger partial charge is 0.267 e. The number of fused-ring (bicyclic) bond motifs is 1. The molecule has 5 N–H and O–H groups in total. The highest BCUT2D eigenvalue weighted by molar-refractivity contribution is 7.86. The molecule has 1 unspecified atom stereocenters. The molecule has 1 atom stereocenters. The number of nitrogen functional groups attached to an aromatic ring is 1. The van der Waals surface area contributed by atoms with Gasteiger partial charge in [-0.1, -0.05) is 6.07 Å². The number of aryl methyl sites for hydroxylation is 1. The van der Waals surface area contributed by atoms with Crippen molar-refractivity contribution in [3.63, 3.8) is 0 Å². The zero-order valence-electron chi connectivity index (χ0n) is 15.7. The van der Waals surface area contributed by atoms with E-state index in [2.05, 4.69) is 9.97 Å². The van der Waals surface area contributed by atoms with Crippen LogP contribution in [0.5, 0.6) is 0 Å². The first-order valence-corrected chi connectivity index (χ1v) is 10.00.